The van der Waals surface area contributed by atoms with Gasteiger partial charge >= 0.3 is 0 Å². The molecule has 0 spiro atoms. The van der Waals surface area contributed by atoms with Crippen molar-refractivity contribution in [2.24, 2.45) is 0 Å². The summed E-state index contributed by atoms with van der Waals surface area (Å²) < 4.78 is 14.5. The van der Waals surface area contributed by atoms with Crippen LogP contribution in [-0.2, 0) is 0 Å². The number of benzene rings is 2. The summed E-state index contributed by atoms with van der Waals surface area (Å²) in [7, 11) is 0. The summed E-state index contributed by atoms with van der Waals surface area (Å²) in [5.41, 5.74) is 2.15. The molecule has 0 radical (unpaired) electrons. The Morgan fingerprint density at radius 1 is 1.00 bits per heavy atom. The fourth-order valence-corrected chi connectivity index (χ4v) is 3.81. The minimum atomic E-state index is -0.311. The normalized spacial score (nSPS) is 14.2. The lowest BCUT2D eigenvalue weighted by atomic mass is 10.2. The molecule has 1 aromatic heterocycles. The van der Waals surface area contributed by atoms with Gasteiger partial charge in [0, 0.05) is 53.5 Å². The van der Waals surface area contributed by atoms with Crippen LogP contribution in [0.25, 0.3) is 11.4 Å². The van der Waals surface area contributed by atoms with Gasteiger partial charge in [0.2, 0.25) is 0 Å². The molecule has 0 atom stereocenters. The van der Waals surface area contributed by atoms with Crippen molar-refractivity contribution in [3.63, 3.8) is 0 Å². The number of aromatic nitrogens is 2. The van der Waals surface area contributed by atoms with Crippen molar-refractivity contribution >= 4 is 27.7 Å². The van der Waals surface area contributed by atoms with Crippen LogP contribution in [-0.4, -0.2) is 47.0 Å². The lowest BCUT2D eigenvalue weighted by Crippen LogP contribution is -2.49. The van der Waals surface area contributed by atoms with E-state index >= 15 is 0 Å². The van der Waals surface area contributed by atoms with E-state index < -0.39 is 0 Å². The first-order chi connectivity index (χ1) is 14.0. The Balaban J connectivity index is 1.49. The summed E-state index contributed by atoms with van der Waals surface area (Å²) in [6.07, 6.45) is 0. The number of nitrogens with zero attached hydrogens (tertiary/aromatic N) is 4. The molecule has 3 aromatic rings. The van der Waals surface area contributed by atoms with Crippen LogP contribution in [0.1, 0.15) is 16.1 Å². The highest BCUT2D eigenvalue weighted by atomic mass is 79.9. The van der Waals surface area contributed by atoms with Crippen molar-refractivity contribution in [3.8, 4) is 11.4 Å². The van der Waals surface area contributed by atoms with E-state index in [1.165, 1.54) is 12.1 Å². The largest absolute Gasteiger partial charge is 0.353 e. The molecule has 29 heavy (non-hydrogen) atoms. The molecule has 148 valence electrons. The van der Waals surface area contributed by atoms with E-state index in [-0.39, 0.29) is 11.7 Å². The van der Waals surface area contributed by atoms with Crippen molar-refractivity contribution in [1.82, 2.24) is 14.9 Å². The van der Waals surface area contributed by atoms with Crippen LogP contribution in [0.4, 0.5) is 10.2 Å². The maximum Gasteiger partial charge on any atom is 0.254 e. The smallest absolute Gasteiger partial charge is 0.254 e. The van der Waals surface area contributed by atoms with Crippen LogP contribution in [0.5, 0.6) is 0 Å². The summed E-state index contributed by atoms with van der Waals surface area (Å²) in [5.74, 6) is 1.03. The molecule has 2 heterocycles. The second-order valence-corrected chi connectivity index (χ2v) is 7.91. The highest BCUT2D eigenvalue weighted by molar-refractivity contribution is 9.10. The van der Waals surface area contributed by atoms with Crippen LogP contribution in [0.3, 0.4) is 0 Å². The van der Waals surface area contributed by atoms with Crippen LogP contribution >= 0.6 is 15.9 Å². The van der Waals surface area contributed by atoms with Gasteiger partial charge in [-0.25, -0.2) is 14.4 Å². The number of halogens is 2. The number of carbonyl (C=O) groups excluding carboxylic acids is 1. The minimum Gasteiger partial charge on any atom is -0.353 e. The molecule has 0 N–H and O–H groups in total. The zero-order valence-electron chi connectivity index (χ0n) is 16.0. The van der Waals surface area contributed by atoms with E-state index in [4.69, 9.17) is 0 Å². The lowest BCUT2D eigenvalue weighted by molar-refractivity contribution is 0.0746. The van der Waals surface area contributed by atoms with Crippen molar-refractivity contribution in [2.75, 3.05) is 31.1 Å². The number of anilines is 1. The third kappa shape index (κ3) is 4.45. The molecule has 0 saturated carbocycles. The quantitative estimate of drug-likeness (QED) is 0.591. The average Bonchev–Trinajstić information content (AvgIpc) is 2.73. The summed E-state index contributed by atoms with van der Waals surface area (Å²) in [4.78, 5) is 25.9. The topological polar surface area (TPSA) is 49.3 Å². The highest BCUT2D eigenvalue weighted by Crippen LogP contribution is 2.22. The molecule has 4 rings (SSSR count). The fraction of sp³-hybridized carbons (Fsp3) is 0.227. The zero-order valence-corrected chi connectivity index (χ0v) is 17.6. The standard InChI is InChI=1S/C22H20BrFN4O/c1-15-12-20(26-21(25-15)16-4-3-7-19(24)14-16)27-8-10-28(11-9-27)22(29)17-5-2-6-18(23)13-17/h2-7,12-14H,8-11H2,1H3. The van der Waals surface area contributed by atoms with Gasteiger partial charge in [0.25, 0.3) is 5.91 Å². The first kappa shape index (κ1) is 19.5. The van der Waals surface area contributed by atoms with Crippen molar-refractivity contribution < 1.29 is 9.18 Å². The number of piperazine rings is 1. The second kappa shape index (κ2) is 8.29. The van der Waals surface area contributed by atoms with E-state index in [1.54, 1.807) is 12.1 Å². The monoisotopic (exact) mass is 454 g/mol. The molecule has 7 heteroatoms. The molecule has 1 aliphatic rings. The SMILES string of the molecule is Cc1cc(N2CCN(C(=O)c3cccc(Br)c3)CC2)nc(-c2cccc(F)c2)n1. The molecule has 1 aliphatic heterocycles. The Hall–Kier alpha value is -2.80. The van der Waals surface area contributed by atoms with Gasteiger partial charge in [-0.05, 0) is 37.3 Å². The third-order valence-corrected chi connectivity index (χ3v) is 5.38. The summed E-state index contributed by atoms with van der Waals surface area (Å²) in [6, 6.07) is 15.7. The number of aryl methyl sites for hydroxylation is 1. The Labute approximate surface area is 177 Å². The van der Waals surface area contributed by atoms with Crippen molar-refractivity contribution in [3.05, 3.63) is 76.1 Å². The van der Waals surface area contributed by atoms with Gasteiger partial charge in [0.1, 0.15) is 11.6 Å². The zero-order chi connectivity index (χ0) is 20.4. The molecule has 0 aliphatic carbocycles. The summed E-state index contributed by atoms with van der Waals surface area (Å²) >= 11 is 3.42. The van der Waals surface area contributed by atoms with Crippen LogP contribution in [0, 0.1) is 12.7 Å². The van der Waals surface area contributed by atoms with Gasteiger partial charge in [-0.3, -0.25) is 4.79 Å². The maximum absolute atomic E-state index is 13.6. The van der Waals surface area contributed by atoms with E-state index in [0.29, 0.717) is 43.1 Å². The number of hydrogen-bond donors (Lipinski definition) is 0. The molecular weight excluding hydrogens is 435 g/mol. The lowest BCUT2D eigenvalue weighted by Gasteiger charge is -2.35. The first-order valence-corrected chi connectivity index (χ1v) is 10.2. The molecule has 0 bridgehead atoms. The molecule has 5 nitrogen and oxygen atoms in total. The molecule has 1 amide bonds. The van der Waals surface area contributed by atoms with Crippen molar-refractivity contribution in [2.45, 2.75) is 6.92 Å². The molecule has 2 aromatic carbocycles. The molecule has 1 saturated heterocycles. The maximum atomic E-state index is 13.6. The predicted molar refractivity (Wildman–Crippen MR) is 114 cm³/mol. The number of amides is 1. The van der Waals surface area contributed by atoms with E-state index in [9.17, 15) is 9.18 Å². The Morgan fingerprint density at radius 2 is 1.76 bits per heavy atom. The average molecular weight is 455 g/mol. The first-order valence-electron chi connectivity index (χ1n) is 9.41. The Kier molecular flexibility index (Phi) is 5.58. The van der Waals surface area contributed by atoms with Gasteiger partial charge in [-0.1, -0.05) is 34.1 Å². The van der Waals surface area contributed by atoms with Gasteiger partial charge in [-0.2, -0.15) is 0 Å². The number of carbonyl (C=O) groups is 1. The van der Waals surface area contributed by atoms with Crippen LogP contribution < -0.4 is 4.90 Å². The summed E-state index contributed by atoms with van der Waals surface area (Å²) in [6.45, 7) is 4.49. The molecule has 0 unspecified atom stereocenters. The van der Waals surface area contributed by atoms with Crippen LogP contribution in [0.2, 0.25) is 0 Å². The predicted octanol–water partition coefficient (Wildman–Crippen LogP) is 4.32. The van der Waals surface area contributed by atoms with Gasteiger partial charge in [-0.15, -0.1) is 0 Å². The number of hydrogen-bond acceptors (Lipinski definition) is 4. The second-order valence-electron chi connectivity index (χ2n) is 6.99. The highest BCUT2D eigenvalue weighted by Gasteiger charge is 2.23. The summed E-state index contributed by atoms with van der Waals surface area (Å²) in [5, 5.41) is 0. The molecular formula is C22H20BrFN4O. The van der Waals surface area contributed by atoms with E-state index in [2.05, 4.69) is 30.8 Å². The van der Waals surface area contributed by atoms with Gasteiger partial charge < -0.3 is 9.80 Å². The fourth-order valence-electron chi connectivity index (χ4n) is 3.41. The minimum absolute atomic E-state index is 0.0327. The number of rotatable bonds is 3. The van der Waals surface area contributed by atoms with Crippen molar-refractivity contribution in [1.29, 1.82) is 0 Å². The Bertz CT molecular complexity index is 1050. The van der Waals surface area contributed by atoms with E-state index in [0.717, 1.165) is 16.0 Å². The third-order valence-electron chi connectivity index (χ3n) is 4.89. The Morgan fingerprint density at radius 3 is 2.48 bits per heavy atom. The van der Waals surface area contributed by atoms with E-state index in [1.807, 2.05) is 42.2 Å². The van der Waals surface area contributed by atoms with Gasteiger partial charge in [0.15, 0.2) is 5.82 Å². The van der Waals surface area contributed by atoms with Gasteiger partial charge in [0.05, 0.1) is 0 Å². The van der Waals surface area contributed by atoms with Crippen LogP contribution in [0.15, 0.2) is 59.1 Å². The molecule has 1 fully saturated rings.